The Morgan fingerprint density at radius 2 is 1.58 bits per heavy atom. The molecule has 3 aromatic rings. The molecular formula is C20H15F3N4O5S. The van der Waals surface area contributed by atoms with Crippen molar-refractivity contribution in [3.05, 3.63) is 86.6 Å². The molecule has 3 N–H and O–H groups in total. The first-order valence-corrected chi connectivity index (χ1v) is 10.8. The number of aromatic amines is 1. The average molecular weight is 480 g/mol. The first-order chi connectivity index (χ1) is 15.4. The normalized spacial score (nSPS) is 18.1. The molecular weight excluding hydrogens is 465 g/mol. The van der Waals surface area contributed by atoms with Crippen molar-refractivity contribution in [1.82, 2.24) is 14.3 Å². The summed E-state index contributed by atoms with van der Waals surface area (Å²) < 4.78 is 70.9. The van der Waals surface area contributed by atoms with Crippen LogP contribution in [0.15, 0.2) is 69.1 Å². The number of H-pyrrole nitrogens is 1. The molecule has 0 fully saturated rings. The fourth-order valence-corrected chi connectivity index (χ4v) is 4.89. The van der Waals surface area contributed by atoms with Gasteiger partial charge in [-0.05, 0) is 31.2 Å². The monoisotopic (exact) mass is 480 g/mol. The van der Waals surface area contributed by atoms with Crippen LogP contribution in [0, 0.1) is 6.92 Å². The molecule has 1 aromatic heterocycles. The number of nitrogens with one attached hydrogen (secondary N) is 3. The van der Waals surface area contributed by atoms with Gasteiger partial charge < -0.3 is 5.32 Å². The van der Waals surface area contributed by atoms with Gasteiger partial charge in [-0.3, -0.25) is 14.6 Å². The maximum Gasteiger partial charge on any atom is 0.421 e. The molecule has 1 aliphatic rings. The summed E-state index contributed by atoms with van der Waals surface area (Å²) in [7, 11) is -4.94. The van der Waals surface area contributed by atoms with Crippen LogP contribution in [0.2, 0.25) is 0 Å². The molecule has 0 aliphatic carbocycles. The molecule has 0 bridgehead atoms. The number of halogens is 3. The molecule has 1 amide bonds. The van der Waals surface area contributed by atoms with Crippen LogP contribution < -0.4 is 21.3 Å². The van der Waals surface area contributed by atoms with Crippen molar-refractivity contribution in [2.24, 2.45) is 0 Å². The Hall–Kier alpha value is -3.71. The Kier molecular flexibility index (Phi) is 5.05. The third kappa shape index (κ3) is 3.45. The number of hydrogen-bond donors (Lipinski definition) is 3. The first kappa shape index (κ1) is 22.5. The summed E-state index contributed by atoms with van der Waals surface area (Å²) in [6, 6.07) is 12.0. The fraction of sp³-hybridized carbons (Fsp3) is 0.150. The highest BCUT2D eigenvalue weighted by molar-refractivity contribution is 7.89. The van der Waals surface area contributed by atoms with Gasteiger partial charge in [-0.15, -0.1) is 0 Å². The van der Waals surface area contributed by atoms with Crippen LogP contribution in [0.25, 0.3) is 5.69 Å². The lowest BCUT2D eigenvalue weighted by Crippen LogP contribution is -2.61. The van der Waals surface area contributed by atoms with Crippen molar-refractivity contribution in [2.75, 3.05) is 5.32 Å². The van der Waals surface area contributed by atoms with E-state index in [2.05, 4.69) is 0 Å². The van der Waals surface area contributed by atoms with Crippen LogP contribution in [0.4, 0.5) is 19.0 Å². The van der Waals surface area contributed by atoms with E-state index in [0.29, 0.717) is 4.57 Å². The molecule has 0 saturated carbocycles. The maximum absolute atomic E-state index is 14.4. The highest BCUT2D eigenvalue weighted by Crippen LogP contribution is 2.46. The van der Waals surface area contributed by atoms with Gasteiger partial charge in [-0.25, -0.2) is 17.8 Å². The molecule has 0 saturated heterocycles. The van der Waals surface area contributed by atoms with Crippen molar-refractivity contribution < 1.29 is 26.4 Å². The summed E-state index contributed by atoms with van der Waals surface area (Å²) >= 11 is 0. The van der Waals surface area contributed by atoms with E-state index in [9.17, 15) is 36.0 Å². The van der Waals surface area contributed by atoms with Crippen LogP contribution in [0.1, 0.15) is 11.1 Å². The van der Waals surface area contributed by atoms with Crippen LogP contribution in [-0.2, 0) is 20.4 Å². The van der Waals surface area contributed by atoms with Crippen molar-refractivity contribution in [3.8, 4) is 5.69 Å². The molecule has 0 unspecified atom stereocenters. The quantitative estimate of drug-likeness (QED) is 0.521. The number of benzene rings is 2. The summed E-state index contributed by atoms with van der Waals surface area (Å²) in [4.78, 5) is 39.1. The second-order valence-corrected chi connectivity index (χ2v) is 8.96. The minimum Gasteiger partial charge on any atom is -0.309 e. The minimum atomic E-state index is -5.59. The van der Waals surface area contributed by atoms with E-state index in [1.165, 1.54) is 35.1 Å². The Bertz CT molecular complexity index is 1480. The van der Waals surface area contributed by atoms with Crippen molar-refractivity contribution in [2.45, 2.75) is 23.5 Å². The molecule has 172 valence electrons. The zero-order valence-corrected chi connectivity index (χ0v) is 17.5. The number of aromatic nitrogens is 2. The number of rotatable bonds is 4. The minimum absolute atomic E-state index is 0.0438. The third-order valence-corrected chi connectivity index (χ3v) is 6.58. The molecule has 2 aromatic carbocycles. The van der Waals surface area contributed by atoms with Crippen molar-refractivity contribution >= 4 is 21.7 Å². The lowest BCUT2D eigenvalue weighted by atomic mass is 9.93. The van der Waals surface area contributed by atoms with E-state index in [4.69, 9.17) is 0 Å². The Balaban J connectivity index is 2.03. The molecule has 1 atom stereocenters. The predicted molar refractivity (Wildman–Crippen MR) is 111 cm³/mol. The van der Waals surface area contributed by atoms with Crippen molar-refractivity contribution in [3.63, 3.8) is 0 Å². The number of anilines is 1. The van der Waals surface area contributed by atoms with Gasteiger partial charge in [0.05, 0.1) is 16.1 Å². The molecule has 2 heterocycles. The van der Waals surface area contributed by atoms with Crippen molar-refractivity contribution in [1.29, 1.82) is 0 Å². The first-order valence-electron chi connectivity index (χ1n) is 9.32. The summed E-state index contributed by atoms with van der Waals surface area (Å²) in [6.07, 6.45) is -5.59. The topological polar surface area (TPSA) is 130 Å². The molecule has 9 nitrogen and oxygen atoms in total. The van der Waals surface area contributed by atoms with Gasteiger partial charge in [0.25, 0.3) is 11.5 Å². The van der Waals surface area contributed by atoms with Crippen LogP contribution in [0.3, 0.4) is 0 Å². The smallest absolute Gasteiger partial charge is 0.309 e. The molecule has 13 heteroatoms. The lowest BCUT2D eigenvalue weighted by Gasteiger charge is -2.29. The fourth-order valence-electron chi connectivity index (χ4n) is 3.54. The number of carbonyl (C=O) groups is 1. The van der Waals surface area contributed by atoms with Gasteiger partial charge in [-0.1, -0.05) is 35.9 Å². The highest BCUT2D eigenvalue weighted by Gasteiger charge is 2.69. The number of aryl methyl sites for hydroxylation is 1. The van der Waals surface area contributed by atoms with Gasteiger partial charge in [0.15, 0.2) is 0 Å². The number of nitrogens with zero attached hydrogens (tertiary/aromatic N) is 1. The second kappa shape index (κ2) is 7.42. The van der Waals surface area contributed by atoms with Gasteiger partial charge in [-0.2, -0.15) is 17.9 Å². The standard InChI is InChI=1S/C20H15F3N4O5S/c1-11-7-9-12(10-8-11)27-15-14(16(28)25-18(27)30)19(17(29)24-15,20(21,22)23)26-33(31,32)13-5-3-2-4-6-13/h2-10,26H,1H3,(H,24,29)(H,25,28,30)/t19-/m0/s1. The molecule has 0 radical (unpaired) electrons. The SMILES string of the molecule is Cc1ccc(-n2c3c(c(=O)[nH]c2=O)[C@@](NS(=O)(=O)c2ccccc2)(C(F)(F)F)C(=O)N3)cc1. The summed E-state index contributed by atoms with van der Waals surface area (Å²) in [5.41, 5.74) is -7.14. The number of sulfonamides is 1. The number of amides is 1. The maximum atomic E-state index is 14.4. The zero-order valence-electron chi connectivity index (χ0n) is 16.7. The molecule has 4 rings (SSSR count). The Labute approximate surface area is 183 Å². The summed E-state index contributed by atoms with van der Waals surface area (Å²) in [5.74, 6) is -2.66. The summed E-state index contributed by atoms with van der Waals surface area (Å²) in [6.45, 7) is 1.73. The van der Waals surface area contributed by atoms with Crippen LogP contribution in [0.5, 0.6) is 0 Å². The van der Waals surface area contributed by atoms with E-state index in [0.717, 1.165) is 17.7 Å². The van der Waals surface area contributed by atoms with E-state index in [1.54, 1.807) is 24.0 Å². The van der Waals surface area contributed by atoms with E-state index < -0.39 is 55.2 Å². The lowest BCUT2D eigenvalue weighted by molar-refractivity contribution is -0.194. The van der Waals surface area contributed by atoms with E-state index in [-0.39, 0.29) is 5.69 Å². The molecule has 1 aliphatic heterocycles. The van der Waals surface area contributed by atoms with Gasteiger partial charge >= 0.3 is 11.9 Å². The summed E-state index contributed by atoms with van der Waals surface area (Å²) in [5, 5.41) is 1.89. The number of hydrogen-bond acceptors (Lipinski definition) is 5. The molecule has 0 spiro atoms. The van der Waals surface area contributed by atoms with Gasteiger partial charge in [0.2, 0.25) is 15.6 Å². The number of carbonyl (C=O) groups excluding carboxylic acids is 1. The highest BCUT2D eigenvalue weighted by atomic mass is 32.2. The Morgan fingerprint density at radius 3 is 2.15 bits per heavy atom. The number of alkyl halides is 3. The second-order valence-electron chi connectivity index (χ2n) is 7.27. The Morgan fingerprint density at radius 1 is 0.970 bits per heavy atom. The van der Waals surface area contributed by atoms with E-state index in [1.807, 2.05) is 5.32 Å². The van der Waals surface area contributed by atoms with Gasteiger partial charge in [0.1, 0.15) is 5.82 Å². The van der Waals surface area contributed by atoms with Crippen LogP contribution >= 0.6 is 0 Å². The van der Waals surface area contributed by atoms with E-state index >= 15 is 0 Å². The number of fused-ring (bicyclic) bond motifs is 1. The average Bonchev–Trinajstić information content (AvgIpc) is 3.02. The predicted octanol–water partition coefficient (Wildman–Crippen LogP) is 1.52. The largest absolute Gasteiger partial charge is 0.421 e. The third-order valence-electron chi connectivity index (χ3n) is 5.12. The molecule has 33 heavy (non-hydrogen) atoms. The van der Waals surface area contributed by atoms with Gasteiger partial charge in [0, 0.05) is 0 Å². The van der Waals surface area contributed by atoms with Crippen LogP contribution in [-0.4, -0.2) is 30.1 Å². The zero-order chi connectivity index (χ0) is 24.2.